The average molecular weight is 429 g/mol. The van der Waals surface area contributed by atoms with Crippen molar-refractivity contribution in [2.45, 2.75) is 69.6 Å². The zero-order chi connectivity index (χ0) is 20.9. The molecule has 0 saturated heterocycles. The molecule has 0 fully saturated rings. The number of carbonyl (C=O) groups is 2. The lowest BCUT2D eigenvalue weighted by molar-refractivity contribution is -0.254. The van der Waals surface area contributed by atoms with Crippen molar-refractivity contribution in [2.24, 2.45) is 0 Å². The number of rotatable bonds is 14. The molecule has 160 valence electrons. The summed E-state index contributed by atoms with van der Waals surface area (Å²) in [4.78, 5) is 22.6. The van der Waals surface area contributed by atoms with Gasteiger partial charge in [-0.15, -0.1) is 11.6 Å². The van der Waals surface area contributed by atoms with Crippen molar-refractivity contribution in [3.05, 3.63) is 0 Å². The number of carbonyl (C=O) groups excluding carboxylic acids is 2. The first-order valence-corrected chi connectivity index (χ1v) is 9.00. The van der Waals surface area contributed by atoms with Gasteiger partial charge in [-0.2, -0.15) is 22.0 Å². The number of esters is 2. The number of halogens is 7. The molecule has 0 aromatic carbocycles. The second kappa shape index (κ2) is 13.1. The van der Waals surface area contributed by atoms with Crippen LogP contribution < -0.4 is 0 Å². The lowest BCUT2D eigenvalue weighted by atomic mass is 10.1. The van der Waals surface area contributed by atoms with Crippen LogP contribution in [0.5, 0.6) is 0 Å². The van der Waals surface area contributed by atoms with Crippen molar-refractivity contribution in [1.82, 2.24) is 0 Å². The minimum Gasteiger partial charge on any atom is -0.466 e. The highest BCUT2D eigenvalue weighted by molar-refractivity contribution is 6.17. The molecule has 1 unspecified atom stereocenters. The zero-order valence-electron chi connectivity index (χ0n) is 14.6. The van der Waals surface area contributed by atoms with E-state index in [0.29, 0.717) is 12.3 Å². The predicted octanol–water partition coefficient (Wildman–Crippen LogP) is 4.97. The fourth-order valence-electron chi connectivity index (χ4n) is 1.93. The topological polar surface area (TPSA) is 52.6 Å². The SMILES string of the molecule is O=C(CCC(=O)OCC(F)(F)C(F)C(F)(F)F)OCCCCCCCCCl. The summed E-state index contributed by atoms with van der Waals surface area (Å²) in [5, 5.41) is 0. The van der Waals surface area contributed by atoms with Crippen LogP contribution in [0.25, 0.3) is 0 Å². The minimum atomic E-state index is -5.77. The lowest BCUT2D eigenvalue weighted by Gasteiger charge is -2.22. The molecular weight excluding hydrogens is 406 g/mol. The maximum Gasteiger partial charge on any atom is 0.425 e. The largest absolute Gasteiger partial charge is 0.466 e. The van der Waals surface area contributed by atoms with Gasteiger partial charge in [-0.25, -0.2) is 4.39 Å². The second-order valence-corrected chi connectivity index (χ2v) is 6.23. The highest BCUT2D eigenvalue weighted by Gasteiger charge is 2.57. The molecule has 0 radical (unpaired) electrons. The second-order valence-electron chi connectivity index (χ2n) is 5.86. The first-order valence-electron chi connectivity index (χ1n) is 8.46. The van der Waals surface area contributed by atoms with Gasteiger partial charge in [-0.05, 0) is 12.8 Å². The third-order valence-electron chi connectivity index (χ3n) is 3.41. The van der Waals surface area contributed by atoms with Crippen molar-refractivity contribution in [3.63, 3.8) is 0 Å². The van der Waals surface area contributed by atoms with Gasteiger partial charge in [0.1, 0.15) is 0 Å². The Bertz CT molecular complexity index is 445. The molecule has 0 aliphatic heterocycles. The first-order chi connectivity index (χ1) is 12.5. The molecule has 0 saturated carbocycles. The number of hydrogen-bond acceptors (Lipinski definition) is 4. The predicted molar refractivity (Wildman–Crippen MR) is 85.5 cm³/mol. The Balaban J connectivity index is 3.84. The van der Waals surface area contributed by atoms with Crippen LogP contribution in [-0.4, -0.2) is 49.3 Å². The smallest absolute Gasteiger partial charge is 0.425 e. The molecule has 0 heterocycles. The quantitative estimate of drug-likeness (QED) is 0.170. The Labute approximate surface area is 158 Å². The van der Waals surface area contributed by atoms with Gasteiger partial charge in [0.05, 0.1) is 19.4 Å². The molecule has 4 nitrogen and oxygen atoms in total. The molecule has 0 rings (SSSR count). The van der Waals surface area contributed by atoms with E-state index >= 15 is 0 Å². The summed E-state index contributed by atoms with van der Waals surface area (Å²) in [6.45, 7) is -1.93. The Morgan fingerprint density at radius 3 is 1.81 bits per heavy atom. The molecule has 1 atom stereocenters. The van der Waals surface area contributed by atoms with Gasteiger partial charge in [0.2, 0.25) is 0 Å². The molecule has 11 heteroatoms. The fourth-order valence-corrected chi connectivity index (χ4v) is 2.12. The first kappa shape index (κ1) is 25.8. The number of hydrogen-bond donors (Lipinski definition) is 0. The fraction of sp³-hybridized carbons (Fsp3) is 0.875. The number of ether oxygens (including phenoxy) is 2. The average Bonchev–Trinajstić information content (AvgIpc) is 2.59. The summed E-state index contributed by atoms with van der Waals surface area (Å²) in [5.41, 5.74) is 0. The van der Waals surface area contributed by atoms with Crippen LogP contribution in [0.15, 0.2) is 0 Å². The Hall–Kier alpha value is -1.19. The van der Waals surface area contributed by atoms with E-state index in [1.165, 1.54) is 0 Å². The summed E-state index contributed by atoms with van der Waals surface area (Å²) in [6, 6.07) is 0. The van der Waals surface area contributed by atoms with Crippen LogP contribution in [0.3, 0.4) is 0 Å². The van der Waals surface area contributed by atoms with Crippen molar-refractivity contribution in [2.75, 3.05) is 19.1 Å². The third kappa shape index (κ3) is 12.8. The summed E-state index contributed by atoms with van der Waals surface area (Å²) >= 11 is 5.54. The van der Waals surface area contributed by atoms with E-state index < -0.39 is 49.7 Å². The van der Waals surface area contributed by atoms with E-state index in [4.69, 9.17) is 16.3 Å². The Kier molecular flexibility index (Phi) is 12.5. The molecule has 0 aromatic heterocycles. The van der Waals surface area contributed by atoms with Crippen molar-refractivity contribution in [1.29, 1.82) is 0 Å². The molecule has 0 aliphatic rings. The summed E-state index contributed by atoms with van der Waals surface area (Å²) in [7, 11) is 0. The molecule has 0 amide bonds. The van der Waals surface area contributed by atoms with Crippen molar-refractivity contribution in [3.8, 4) is 0 Å². The molecular formula is C16H23ClF6O4. The Morgan fingerprint density at radius 2 is 1.30 bits per heavy atom. The van der Waals surface area contributed by atoms with Gasteiger partial charge >= 0.3 is 24.0 Å². The highest BCUT2D eigenvalue weighted by Crippen LogP contribution is 2.35. The lowest BCUT2D eigenvalue weighted by Crippen LogP contribution is -2.45. The van der Waals surface area contributed by atoms with Gasteiger partial charge in [-0.3, -0.25) is 9.59 Å². The van der Waals surface area contributed by atoms with E-state index in [-0.39, 0.29) is 6.61 Å². The summed E-state index contributed by atoms with van der Waals surface area (Å²) < 4.78 is 82.9. The molecule has 0 aliphatic carbocycles. The molecule has 0 N–H and O–H groups in total. The van der Waals surface area contributed by atoms with E-state index in [9.17, 15) is 35.9 Å². The van der Waals surface area contributed by atoms with Gasteiger partial charge in [-0.1, -0.05) is 25.7 Å². The summed E-state index contributed by atoms with van der Waals surface area (Å²) in [6.07, 6.45) is -5.93. The number of alkyl halides is 7. The minimum absolute atomic E-state index is 0.135. The Morgan fingerprint density at radius 1 is 0.815 bits per heavy atom. The normalized spacial score (nSPS) is 13.3. The van der Waals surface area contributed by atoms with Gasteiger partial charge < -0.3 is 9.47 Å². The standard InChI is InChI=1S/C16H23ClF6O4/c17-9-5-3-1-2-4-6-10-26-12(24)7-8-13(25)27-11-15(19,20)14(18)16(21,22)23/h14H,1-11H2. The molecule has 27 heavy (non-hydrogen) atoms. The van der Waals surface area contributed by atoms with Crippen LogP contribution in [0.4, 0.5) is 26.3 Å². The van der Waals surface area contributed by atoms with Gasteiger partial charge in [0.15, 0.2) is 6.61 Å². The molecule has 0 spiro atoms. The maximum atomic E-state index is 12.9. The van der Waals surface area contributed by atoms with E-state index in [2.05, 4.69) is 4.74 Å². The van der Waals surface area contributed by atoms with Gasteiger partial charge in [0, 0.05) is 5.88 Å². The number of unbranched alkanes of at least 4 members (excludes halogenated alkanes) is 5. The molecule has 0 aromatic rings. The summed E-state index contributed by atoms with van der Waals surface area (Å²) in [5.74, 6) is -6.40. The van der Waals surface area contributed by atoms with Crippen molar-refractivity contribution < 1.29 is 45.4 Å². The molecule has 0 bridgehead atoms. The van der Waals surface area contributed by atoms with E-state index in [1.54, 1.807) is 0 Å². The van der Waals surface area contributed by atoms with Crippen LogP contribution >= 0.6 is 11.6 Å². The van der Waals surface area contributed by atoms with Crippen LogP contribution in [0.1, 0.15) is 51.4 Å². The highest BCUT2D eigenvalue weighted by atomic mass is 35.5. The van der Waals surface area contributed by atoms with Gasteiger partial charge in [0.25, 0.3) is 6.17 Å². The zero-order valence-corrected chi connectivity index (χ0v) is 15.4. The van der Waals surface area contributed by atoms with Crippen molar-refractivity contribution >= 4 is 23.5 Å². The van der Waals surface area contributed by atoms with Crippen LogP contribution in [0, 0.1) is 0 Å². The monoisotopic (exact) mass is 428 g/mol. The van der Waals surface area contributed by atoms with E-state index in [0.717, 1.165) is 32.1 Å². The van der Waals surface area contributed by atoms with Crippen LogP contribution in [-0.2, 0) is 19.1 Å². The third-order valence-corrected chi connectivity index (χ3v) is 3.68. The van der Waals surface area contributed by atoms with E-state index in [1.807, 2.05) is 0 Å². The van der Waals surface area contributed by atoms with Crippen LogP contribution in [0.2, 0.25) is 0 Å². The maximum absolute atomic E-state index is 12.9.